The smallest absolute Gasteiger partial charge is 0.320 e. The van der Waals surface area contributed by atoms with E-state index in [1.807, 2.05) is 16.9 Å². The summed E-state index contributed by atoms with van der Waals surface area (Å²) >= 11 is 3.61. The summed E-state index contributed by atoms with van der Waals surface area (Å²) in [5.41, 5.74) is 2.17. The van der Waals surface area contributed by atoms with Crippen molar-refractivity contribution in [1.29, 1.82) is 0 Å². The van der Waals surface area contributed by atoms with Crippen molar-refractivity contribution in [2.45, 2.75) is 6.92 Å². The molecule has 2 aromatic heterocycles. The van der Waals surface area contributed by atoms with E-state index in [1.54, 1.807) is 7.11 Å². The molecule has 1 aliphatic rings. The second-order valence-corrected chi connectivity index (χ2v) is 7.43. The largest absolute Gasteiger partial charge is 0.467 e. The van der Waals surface area contributed by atoms with Gasteiger partial charge in [0.25, 0.3) is 0 Å². The molecule has 1 saturated heterocycles. The van der Waals surface area contributed by atoms with Gasteiger partial charge in [0.2, 0.25) is 0 Å². The van der Waals surface area contributed by atoms with Gasteiger partial charge in [-0.3, -0.25) is 0 Å². The number of nitrogens with zero attached hydrogens (tertiary/aromatic N) is 6. The summed E-state index contributed by atoms with van der Waals surface area (Å²) in [6.45, 7) is 5.96. The summed E-state index contributed by atoms with van der Waals surface area (Å²) in [4.78, 5) is 13.6. The lowest BCUT2D eigenvalue weighted by Crippen LogP contribution is -2.44. The number of benzene rings is 1. The summed E-state index contributed by atoms with van der Waals surface area (Å²) in [5, 5.41) is 5.62. The zero-order chi connectivity index (χ0) is 18.3. The van der Waals surface area contributed by atoms with Crippen molar-refractivity contribution in [3.05, 3.63) is 34.4 Å². The number of likely N-dealkylation sites (N-methyl/N-ethyl adjacent to an activating group) is 1. The topological polar surface area (TPSA) is 59.3 Å². The second kappa shape index (κ2) is 6.85. The van der Waals surface area contributed by atoms with E-state index in [1.165, 1.54) is 5.56 Å². The molecule has 0 aliphatic carbocycles. The highest BCUT2D eigenvalue weighted by Gasteiger charge is 2.19. The minimum Gasteiger partial charge on any atom is -0.467 e. The first-order valence-electron chi connectivity index (χ1n) is 8.56. The van der Waals surface area contributed by atoms with Crippen LogP contribution in [0.1, 0.15) is 5.56 Å². The lowest BCUT2D eigenvalue weighted by atomic mass is 10.2. The molecule has 0 spiro atoms. The third-order valence-corrected chi connectivity index (χ3v) is 5.61. The van der Waals surface area contributed by atoms with Crippen molar-refractivity contribution in [3.63, 3.8) is 0 Å². The van der Waals surface area contributed by atoms with E-state index in [0.717, 1.165) is 47.4 Å². The SMILES string of the molecule is COc1nc(N2CCN(C)CC2)cc(-n2ncc3cc(C)c(Br)cc32)n1. The molecule has 1 aromatic carbocycles. The van der Waals surface area contributed by atoms with E-state index in [4.69, 9.17) is 4.74 Å². The molecule has 0 N–H and O–H groups in total. The van der Waals surface area contributed by atoms with E-state index in [-0.39, 0.29) is 0 Å². The van der Waals surface area contributed by atoms with Crippen LogP contribution in [-0.2, 0) is 0 Å². The Labute approximate surface area is 160 Å². The maximum absolute atomic E-state index is 5.35. The minimum absolute atomic E-state index is 0.353. The maximum Gasteiger partial charge on any atom is 0.320 e. The number of methoxy groups -OCH3 is 1. The van der Waals surface area contributed by atoms with Crippen molar-refractivity contribution < 1.29 is 4.74 Å². The molecule has 4 rings (SSSR count). The zero-order valence-corrected chi connectivity index (χ0v) is 16.7. The quantitative estimate of drug-likeness (QED) is 0.653. The highest BCUT2D eigenvalue weighted by molar-refractivity contribution is 9.10. The number of hydrogen-bond acceptors (Lipinski definition) is 6. The van der Waals surface area contributed by atoms with Crippen molar-refractivity contribution in [3.8, 4) is 11.8 Å². The molecule has 0 amide bonds. The molecule has 0 atom stereocenters. The monoisotopic (exact) mass is 416 g/mol. The predicted octanol–water partition coefficient (Wildman–Crippen LogP) is 2.65. The summed E-state index contributed by atoms with van der Waals surface area (Å²) < 4.78 is 8.24. The van der Waals surface area contributed by atoms with Gasteiger partial charge in [0.1, 0.15) is 5.82 Å². The van der Waals surface area contributed by atoms with Crippen LogP contribution in [-0.4, -0.2) is 65.0 Å². The Balaban J connectivity index is 1.79. The Bertz CT molecular complexity index is 948. The molecule has 136 valence electrons. The fourth-order valence-corrected chi connectivity index (χ4v) is 3.47. The molecule has 1 fully saturated rings. The molecule has 3 aromatic rings. The lowest BCUT2D eigenvalue weighted by Gasteiger charge is -2.33. The summed E-state index contributed by atoms with van der Waals surface area (Å²) in [6.07, 6.45) is 1.86. The molecule has 0 unspecified atom stereocenters. The van der Waals surface area contributed by atoms with Crippen molar-refractivity contribution in [2.24, 2.45) is 0 Å². The third kappa shape index (κ3) is 3.14. The number of piperazine rings is 1. The molecule has 0 radical (unpaired) electrons. The Hall–Kier alpha value is -2.19. The number of aryl methyl sites for hydroxylation is 1. The van der Waals surface area contributed by atoms with Crippen LogP contribution in [0, 0.1) is 6.92 Å². The Morgan fingerprint density at radius 1 is 1.04 bits per heavy atom. The average molecular weight is 417 g/mol. The van der Waals surface area contributed by atoms with Gasteiger partial charge in [0.05, 0.1) is 18.8 Å². The van der Waals surface area contributed by atoms with E-state index < -0.39 is 0 Å². The lowest BCUT2D eigenvalue weighted by molar-refractivity contribution is 0.311. The van der Waals surface area contributed by atoms with E-state index in [2.05, 4.69) is 66.9 Å². The number of rotatable bonds is 3. The standard InChI is InChI=1S/C18H21BrN6O/c1-12-8-13-11-20-25(15(13)9-14(12)19)17-10-16(21-18(22-17)26-3)24-6-4-23(2)5-7-24/h8-11H,4-7H2,1-3H3. The molecule has 26 heavy (non-hydrogen) atoms. The maximum atomic E-state index is 5.35. The molecular weight excluding hydrogens is 396 g/mol. The number of fused-ring (bicyclic) bond motifs is 1. The van der Waals surface area contributed by atoms with Crippen molar-refractivity contribution in [2.75, 3.05) is 45.2 Å². The average Bonchev–Trinajstić information content (AvgIpc) is 3.05. The van der Waals surface area contributed by atoms with E-state index in [9.17, 15) is 0 Å². The number of aromatic nitrogens is 4. The first-order valence-corrected chi connectivity index (χ1v) is 9.35. The molecule has 3 heterocycles. The number of ether oxygens (including phenoxy) is 1. The minimum atomic E-state index is 0.353. The van der Waals surface area contributed by atoms with Crippen LogP contribution in [0.2, 0.25) is 0 Å². The van der Waals surface area contributed by atoms with Crippen molar-refractivity contribution in [1.82, 2.24) is 24.6 Å². The first kappa shape index (κ1) is 17.2. The van der Waals surface area contributed by atoms with E-state index in [0.29, 0.717) is 11.8 Å². The van der Waals surface area contributed by atoms with E-state index >= 15 is 0 Å². The van der Waals surface area contributed by atoms with Gasteiger partial charge >= 0.3 is 6.01 Å². The Kier molecular flexibility index (Phi) is 4.54. The first-order chi connectivity index (χ1) is 12.5. The fraction of sp³-hybridized carbons (Fsp3) is 0.389. The normalized spacial score (nSPS) is 15.6. The van der Waals surface area contributed by atoms with Crippen molar-refractivity contribution >= 4 is 32.7 Å². The molecule has 0 saturated carbocycles. The van der Waals surface area contributed by atoms with Gasteiger partial charge in [-0.05, 0) is 31.7 Å². The van der Waals surface area contributed by atoms with Gasteiger partial charge in [-0.15, -0.1) is 0 Å². The van der Waals surface area contributed by atoms with Gasteiger partial charge < -0.3 is 14.5 Å². The van der Waals surface area contributed by atoms with Gasteiger partial charge in [-0.25, -0.2) is 4.68 Å². The molecule has 8 heteroatoms. The van der Waals surface area contributed by atoms with Gasteiger partial charge in [0.15, 0.2) is 5.82 Å². The molecular formula is C18H21BrN6O. The summed E-state index contributed by atoms with van der Waals surface area (Å²) in [6, 6.07) is 6.52. The van der Waals surface area contributed by atoms with Crippen LogP contribution >= 0.6 is 15.9 Å². The molecule has 7 nitrogen and oxygen atoms in total. The van der Waals surface area contributed by atoms with Gasteiger partial charge in [-0.2, -0.15) is 15.1 Å². The van der Waals surface area contributed by atoms with Crippen LogP contribution in [0.5, 0.6) is 6.01 Å². The molecule has 1 aliphatic heterocycles. The second-order valence-electron chi connectivity index (χ2n) is 6.58. The molecule has 0 bridgehead atoms. The summed E-state index contributed by atoms with van der Waals surface area (Å²) in [5.74, 6) is 1.58. The Morgan fingerprint density at radius 2 is 1.77 bits per heavy atom. The van der Waals surface area contributed by atoms with Gasteiger partial charge in [-0.1, -0.05) is 15.9 Å². The van der Waals surface area contributed by atoms with Crippen LogP contribution in [0.3, 0.4) is 0 Å². The highest BCUT2D eigenvalue weighted by atomic mass is 79.9. The summed E-state index contributed by atoms with van der Waals surface area (Å²) in [7, 11) is 3.73. The van der Waals surface area contributed by atoms with Crippen LogP contribution in [0.25, 0.3) is 16.7 Å². The number of anilines is 1. The fourth-order valence-electron chi connectivity index (χ4n) is 3.14. The van der Waals surface area contributed by atoms with Crippen LogP contribution in [0.4, 0.5) is 5.82 Å². The van der Waals surface area contributed by atoms with Crippen LogP contribution in [0.15, 0.2) is 28.9 Å². The third-order valence-electron chi connectivity index (χ3n) is 4.75. The predicted molar refractivity (Wildman–Crippen MR) is 105 cm³/mol. The highest BCUT2D eigenvalue weighted by Crippen LogP contribution is 2.27. The number of halogens is 1. The van der Waals surface area contributed by atoms with Crippen LogP contribution < -0.4 is 9.64 Å². The van der Waals surface area contributed by atoms with Gasteiger partial charge in [0, 0.05) is 42.1 Å². The Morgan fingerprint density at radius 3 is 2.50 bits per heavy atom. The zero-order valence-electron chi connectivity index (χ0n) is 15.1. The number of hydrogen-bond donors (Lipinski definition) is 0.